The highest BCUT2D eigenvalue weighted by atomic mass is 16.5. The van der Waals surface area contributed by atoms with Gasteiger partial charge in [-0.25, -0.2) is 4.79 Å². The fourth-order valence-electron chi connectivity index (χ4n) is 1.68. The number of ether oxygens (including phenoxy) is 3. The zero-order valence-corrected chi connectivity index (χ0v) is 13.5. The van der Waals surface area contributed by atoms with Crippen molar-refractivity contribution in [3.8, 4) is 11.5 Å². The van der Waals surface area contributed by atoms with E-state index >= 15 is 0 Å². The van der Waals surface area contributed by atoms with E-state index in [4.69, 9.17) is 14.2 Å². The zero-order valence-electron chi connectivity index (χ0n) is 13.5. The third-order valence-electron chi connectivity index (χ3n) is 2.77. The average Bonchev–Trinajstić information content (AvgIpc) is 2.44. The van der Waals surface area contributed by atoms with Gasteiger partial charge in [0.05, 0.1) is 20.8 Å². The lowest BCUT2D eigenvalue weighted by Crippen LogP contribution is -2.29. The van der Waals surface area contributed by atoms with Crippen molar-refractivity contribution in [3.05, 3.63) is 23.8 Å². The summed E-state index contributed by atoms with van der Waals surface area (Å²) in [6, 6.07) is 5.70. The molecule has 0 fully saturated rings. The van der Waals surface area contributed by atoms with E-state index in [0.717, 1.165) is 5.56 Å². The van der Waals surface area contributed by atoms with Crippen molar-refractivity contribution >= 4 is 6.09 Å². The highest BCUT2D eigenvalue weighted by molar-refractivity contribution is 5.67. The van der Waals surface area contributed by atoms with Gasteiger partial charge < -0.3 is 19.5 Å². The summed E-state index contributed by atoms with van der Waals surface area (Å²) in [5.41, 5.74) is 1.03. The molecule has 5 nitrogen and oxygen atoms in total. The molecular formula is C16H25NO4. The topological polar surface area (TPSA) is 56.8 Å². The highest BCUT2D eigenvalue weighted by Gasteiger charge is 2.13. The van der Waals surface area contributed by atoms with Gasteiger partial charge in [0.15, 0.2) is 11.5 Å². The molecule has 0 aliphatic carbocycles. The molecule has 1 aromatic rings. The Kier molecular flexibility index (Phi) is 6.34. The van der Waals surface area contributed by atoms with Crippen LogP contribution in [-0.2, 0) is 11.2 Å². The van der Waals surface area contributed by atoms with Crippen molar-refractivity contribution in [2.75, 3.05) is 27.4 Å². The van der Waals surface area contributed by atoms with E-state index < -0.39 is 0 Å². The first-order chi connectivity index (χ1) is 9.85. The normalized spacial score (nSPS) is 10.9. The maximum Gasteiger partial charge on any atom is 0.407 e. The molecule has 0 heterocycles. The Morgan fingerprint density at radius 2 is 1.81 bits per heavy atom. The van der Waals surface area contributed by atoms with Crippen LogP contribution in [0, 0.1) is 5.41 Å². The van der Waals surface area contributed by atoms with Gasteiger partial charge in [-0.05, 0) is 29.5 Å². The van der Waals surface area contributed by atoms with E-state index in [1.165, 1.54) is 0 Å². The van der Waals surface area contributed by atoms with E-state index in [0.29, 0.717) is 31.1 Å². The predicted molar refractivity (Wildman–Crippen MR) is 82.1 cm³/mol. The molecular weight excluding hydrogens is 270 g/mol. The van der Waals surface area contributed by atoms with Crippen LogP contribution in [0.25, 0.3) is 0 Å². The monoisotopic (exact) mass is 295 g/mol. The molecule has 0 unspecified atom stereocenters. The van der Waals surface area contributed by atoms with Crippen molar-refractivity contribution < 1.29 is 19.0 Å². The van der Waals surface area contributed by atoms with Crippen LogP contribution in [0.2, 0.25) is 0 Å². The van der Waals surface area contributed by atoms with Crippen molar-refractivity contribution in [2.24, 2.45) is 5.41 Å². The van der Waals surface area contributed by atoms with Crippen LogP contribution >= 0.6 is 0 Å². The minimum atomic E-state index is -0.384. The molecule has 0 aliphatic rings. The highest BCUT2D eigenvalue weighted by Crippen LogP contribution is 2.27. The molecule has 0 aromatic heterocycles. The van der Waals surface area contributed by atoms with Crippen LogP contribution < -0.4 is 14.8 Å². The van der Waals surface area contributed by atoms with Crippen molar-refractivity contribution in [1.29, 1.82) is 0 Å². The third kappa shape index (κ3) is 6.38. The quantitative estimate of drug-likeness (QED) is 0.876. The van der Waals surface area contributed by atoms with Crippen molar-refractivity contribution in [2.45, 2.75) is 27.2 Å². The molecule has 0 atom stereocenters. The molecule has 21 heavy (non-hydrogen) atoms. The first kappa shape index (κ1) is 17.1. The summed E-state index contributed by atoms with van der Waals surface area (Å²) in [6.45, 7) is 6.96. The minimum Gasteiger partial charge on any atom is -0.493 e. The van der Waals surface area contributed by atoms with Crippen LogP contribution in [0.15, 0.2) is 18.2 Å². The largest absolute Gasteiger partial charge is 0.493 e. The Hall–Kier alpha value is -1.91. The van der Waals surface area contributed by atoms with Gasteiger partial charge in [0.2, 0.25) is 0 Å². The van der Waals surface area contributed by atoms with E-state index in [1.807, 2.05) is 39.0 Å². The Morgan fingerprint density at radius 3 is 2.38 bits per heavy atom. The van der Waals surface area contributed by atoms with Crippen LogP contribution in [0.3, 0.4) is 0 Å². The fraction of sp³-hybridized carbons (Fsp3) is 0.562. The summed E-state index contributed by atoms with van der Waals surface area (Å²) >= 11 is 0. The number of benzene rings is 1. The van der Waals surface area contributed by atoms with Gasteiger partial charge in [-0.1, -0.05) is 26.8 Å². The van der Waals surface area contributed by atoms with E-state index in [1.54, 1.807) is 14.2 Å². The lowest BCUT2D eigenvalue weighted by Gasteiger charge is -2.18. The standard InChI is InChI=1S/C16H25NO4/c1-16(2,3)11-21-15(18)17-9-8-12-6-7-13(19-4)14(10-12)20-5/h6-7,10H,8-9,11H2,1-5H3,(H,17,18). The number of nitrogens with one attached hydrogen (secondary N) is 1. The zero-order chi connectivity index (χ0) is 15.9. The Bertz CT molecular complexity index is 466. The lowest BCUT2D eigenvalue weighted by molar-refractivity contribution is 0.106. The summed E-state index contributed by atoms with van der Waals surface area (Å²) in [5, 5.41) is 2.74. The van der Waals surface area contributed by atoms with Gasteiger partial charge in [-0.3, -0.25) is 0 Å². The van der Waals surface area contributed by atoms with Crippen LogP contribution in [0.5, 0.6) is 11.5 Å². The SMILES string of the molecule is COc1ccc(CCNC(=O)OCC(C)(C)C)cc1OC. The van der Waals surface area contributed by atoms with Crippen molar-refractivity contribution in [3.63, 3.8) is 0 Å². The van der Waals surface area contributed by atoms with Crippen molar-refractivity contribution in [1.82, 2.24) is 5.32 Å². The van der Waals surface area contributed by atoms with E-state index in [-0.39, 0.29) is 11.5 Å². The fourth-order valence-corrected chi connectivity index (χ4v) is 1.68. The lowest BCUT2D eigenvalue weighted by atomic mass is 9.99. The van der Waals surface area contributed by atoms with Crippen LogP contribution in [0.4, 0.5) is 4.79 Å². The maximum atomic E-state index is 11.5. The van der Waals surface area contributed by atoms with E-state index in [9.17, 15) is 4.79 Å². The summed E-state index contributed by atoms with van der Waals surface area (Å²) in [6.07, 6.45) is 0.315. The summed E-state index contributed by atoms with van der Waals surface area (Å²) < 4.78 is 15.6. The first-order valence-corrected chi connectivity index (χ1v) is 6.97. The molecule has 118 valence electrons. The maximum absolute atomic E-state index is 11.5. The number of methoxy groups -OCH3 is 2. The molecule has 1 aromatic carbocycles. The Labute approximate surface area is 126 Å². The molecule has 0 bridgehead atoms. The smallest absolute Gasteiger partial charge is 0.407 e. The summed E-state index contributed by atoms with van der Waals surface area (Å²) in [5.74, 6) is 1.38. The van der Waals surface area contributed by atoms with Gasteiger partial charge in [-0.15, -0.1) is 0 Å². The second-order valence-corrected chi connectivity index (χ2v) is 6.00. The average molecular weight is 295 g/mol. The molecule has 0 spiro atoms. The molecule has 0 radical (unpaired) electrons. The van der Waals surface area contributed by atoms with Gasteiger partial charge in [0.1, 0.15) is 0 Å². The number of carbonyl (C=O) groups is 1. The molecule has 1 N–H and O–H groups in total. The third-order valence-corrected chi connectivity index (χ3v) is 2.77. The van der Waals surface area contributed by atoms with Gasteiger partial charge in [0.25, 0.3) is 0 Å². The van der Waals surface area contributed by atoms with Gasteiger partial charge in [0, 0.05) is 6.54 Å². The number of hydrogen-bond acceptors (Lipinski definition) is 4. The number of carbonyl (C=O) groups excluding carboxylic acids is 1. The van der Waals surface area contributed by atoms with E-state index in [2.05, 4.69) is 5.32 Å². The molecule has 0 saturated heterocycles. The molecule has 1 rings (SSSR count). The second kappa shape index (κ2) is 7.76. The summed E-state index contributed by atoms with van der Waals surface area (Å²) in [4.78, 5) is 11.5. The molecule has 5 heteroatoms. The van der Waals surface area contributed by atoms with Gasteiger partial charge in [-0.2, -0.15) is 0 Å². The predicted octanol–water partition coefficient (Wildman–Crippen LogP) is 3.02. The minimum absolute atomic E-state index is 0.0271. The first-order valence-electron chi connectivity index (χ1n) is 6.97. The van der Waals surface area contributed by atoms with Crippen LogP contribution in [-0.4, -0.2) is 33.5 Å². The number of rotatable bonds is 6. The number of hydrogen-bond donors (Lipinski definition) is 1. The molecule has 0 saturated carbocycles. The van der Waals surface area contributed by atoms with Gasteiger partial charge >= 0.3 is 6.09 Å². The van der Waals surface area contributed by atoms with Crippen LogP contribution in [0.1, 0.15) is 26.3 Å². The molecule has 1 amide bonds. The number of alkyl carbamates (subject to hydrolysis) is 1. The second-order valence-electron chi connectivity index (χ2n) is 6.00. The Balaban J connectivity index is 2.40. The Morgan fingerprint density at radius 1 is 1.14 bits per heavy atom. The number of amides is 1. The molecule has 0 aliphatic heterocycles. The summed E-state index contributed by atoms with van der Waals surface area (Å²) in [7, 11) is 3.20.